The molecule has 1 aromatic heterocycles. The third-order valence-electron chi connectivity index (χ3n) is 5.51. The van der Waals surface area contributed by atoms with Gasteiger partial charge in [0.25, 0.3) is 5.91 Å². The average Bonchev–Trinajstić information content (AvgIpc) is 3.15. The minimum atomic E-state index is -0.0155. The van der Waals surface area contributed by atoms with Crippen molar-refractivity contribution in [3.8, 4) is 0 Å². The lowest BCUT2D eigenvalue weighted by Crippen LogP contribution is -2.40. The fourth-order valence-corrected chi connectivity index (χ4v) is 5.11. The van der Waals surface area contributed by atoms with Crippen molar-refractivity contribution in [1.82, 2.24) is 10.2 Å². The highest BCUT2D eigenvalue weighted by Crippen LogP contribution is 2.33. The molecule has 5 nitrogen and oxygen atoms in total. The molecule has 148 valence electrons. The predicted molar refractivity (Wildman–Crippen MR) is 110 cm³/mol. The van der Waals surface area contributed by atoms with Gasteiger partial charge in [-0.25, -0.2) is 0 Å². The number of amides is 2. The summed E-state index contributed by atoms with van der Waals surface area (Å²) in [5.74, 6) is 0.195. The van der Waals surface area contributed by atoms with Crippen LogP contribution >= 0.6 is 11.3 Å². The van der Waals surface area contributed by atoms with E-state index in [1.165, 1.54) is 16.0 Å². The molecule has 1 aromatic carbocycles. The van der Waals surface area contributed by atoms with Crippen molar-refractivity contribution in [1.29, 1.82) is 0 Å². The van der Waals surface area contributed by atoms with E-state index >= 15 is 0 Å². The van der Waals surface area contributed by atoms with Crippen LogP contribution in [-0.2, 0) is 28.9 Å². The fourth-order valence-electron chi connectivity index (χ4n) is 3.93. The van der Waals surface area contributed by atoms with Gasteiger partial charge in [0.2, 0.25) is 5.91 Å². The number of thiophene rings is 1. The van der Waals surface area contributed by atoms with E-state index in [1.807, 2.05) is 23.1 Å². The molecule has 0 bridgehead atoms. The molecule has 1 N–H and O–H groups in total. The molecule has 1 fully saturated rings. The Hall–Kier alpha value is -2.18. The first kappa shape index (κ1) is 19.2. The Morgan fingerprint density at radius 2 is 2.07 bits per heavy atom. The second-order valence-corrected chi connectivity index (χ2v) is 8.75. The lowest BCUT2D eigenvalue weighted by Gasteiger charge is -2.26. The Balaban J connectivity index is 1.37. The largest absolute Gasteiger partial charge is 0.378 e. The highest BCUT2D eigenvalue weighted by atomic mass is 32.1. The molecule has 0 radical (unpaired) electrons. The summed E-state index contributed by atoms with van der Waals surface area (Å²) in [5.41, 5.74) is 3.49. The number of fused-ring (bicyclic) bond motifs is 1. The number of aryl methyl sites for hydroxylation is 2. The number of benzene rings is 1. The van der Waals surface area contributed by atoms with Crippen molar-refractivity contribution >= 4 is 23.2 Å². The lowest BCUT2D eigenvalue weighted by molar-refractivity contribution is -0.125. The normalized spacial score (nSPS) is 19.2. The average molecular weight is 399 g/mol. The number of carbonyl (C=O) groups is 2. The Morgan fingerprint density at radius 1 is 1.25 bits per heavy atom. The molecule has 28 heavy (non-hydrogen) atoms. The van der Waals surface area contributed by atoms with E-state index in [9.17, 15) is 9.59 Å². The molecule has 1 aliphatic heterocycles. The van der Waals surface area contributed by atoms with Gasteiger partial charge in [-0.05, 0) is 43.4 Å². The van der Waals surface area contributed by atoms with Crippen molar-refractivity contribution in [3.05, 3.63) is 56.8 Å². The molecular formula is C22H26N2O3S. The van der Waals surface area contributed by atoms with E-state index in [4.69, 9.17) is 4.74 Å². The van der Waals surface area contributed by atoms with E-state index < -0.39 is 0 Å². The van der Waals surface area contributed by atoms with Gasteiger partial charge >= 0.3 is 0 Å². The summed E-state index contributed by atoms with van der Waals surface area (Å²) in [5, 5.41) is 3.08. The van der Waals surface area contributed by atoms with Gasteiger partial charge < -0.3 is 15.0 Å². The molecule has 2 aromatic rings. The van der Waals surface area contributed by atoms with Crippen molar-refractivity contribution < 1.29 is 14.3 Å². The molecule has 1 atom stereocenters. The maximum Gasteiger partial charge on any atom is 0.264 e. The zero-order valence-electron chi connectivity index (χ0n) is 16.2. The van der Waals surface area contributed by atoms with Gasteiger partial charge in [-0.15, -0.1) is 11.3 Å². The molecular weight excluding hydrogens is 372 g/mol. The summed E-state index contributed by atoms with van der Waals surface area (Å²) in [7, 11) is 0. The van der Waals surface area contributed by atoms with Gasteiger partial charge in [-0.3, -0.25) is 9.59 Å². The second-order valence-electron chi connectivity index (χ2n) is 7.61. The standard InChI is InChI=1S/C22H26N2O3S/c1-15-3-2-4-16(11-15)14-23-21(25)17-5-6-19-18(12-17)13-20(28-19)22(26)24-7-9-27-10-8-24/h2-4,11,13,17H,5-10,12,14H2,1H3,(H,23,25)/t17-/m0/s1. The first-order valence-electron chi connectivity index (χ1n) is 9.92. The minimum Gasteiger partial charge on any atom is -0.378 e. The Labute approximate surface area is 169 Å². The molecule has 1 aliphatic carbocycles. The van der Waals surface area contributed by atoms with E-state index in [0.717, 1.165) is 29.7 Å². The van der Waals surface area contributed by atoms with Crippen molar-refractivity contribution in [3.63, 3.8) is 0 Å². The van der Waals surface area contributed by atoms with E-state index in [-0.39, 0.29) is 17.7 Å². The highest BCUT2D eigenvalue weighted by molar-refractivity contribution is 7.14. The molecule has 2 amide bonds. The van der Waals surface area contributed by atoms with Crippen molar-refractivity contribution in [2.45, 2.75) is 32.7 Å². The third-order valence-corrected chi connectivity index (χ3v) is 6.74. The number of hydrogen-bond donors (Lipinski definition) is 1. The number of morpholine rings is 1. The highest BCUT2D eigenvalue weighted by Gasteiger charge is 2.28. The predicted octanol–water partition coefficient (Wildman–Crippen LogP) is 2.95. The summed E-state index contributed by atoms with van der Waals surface area (Å²) in [6, 6.07) is 10.2. The first-order chi connectivity index (χ1) is 13.6. The van der Waals surface area contributed by atoms with Crippen LogP contribution in [0.5, 0.6) is 0 Å². The van der Waals surface area contributed by atoms with Gasteiger partial charge in [-0.2, -0.15) is 0 Å². The van der Waals surface area contributed by atoms with Crippen molar-refractivity contribution in [2.75, 3.05) is 26.3 Å². The zero-order chi connectivity index (χ0) is 19.5. The van der Waals surface area contributed by atoms with Crippen LogP contribution in [0, 0.1) is 12.8 Å². The smallest absolute Gasteiger partial charge is 0.264 e. The Bertz CT molecular complexity index is 870. The lowest BCUT2D eigenvalue weighted by atomic mass is 9.87. The third kappa shape index (κ3) is 4.28. The molecule has 2 aliphatic rings. The van der Waals surface area contributed by atoms with Gasteiger partial charge in [-0.1, -0.05) is 29.8 Å². The first-order valence-corrected chi connectivity index (χ1v) is 10.7. The van der Waals surface area contributed by atoms with Gasteiger partial charge in [0.1, 0.15) is 0 Å². The van der Waals surface area contributed by atoms with Gasteiger partial charge in [0.05, 0.1) is 18.1 Å². The summed E-state index contributed by atoms with van der Waals surface area (Å²) in [6.07, 6.45) is 2.44. The molecule has 0 saturated carbocycles. The van der Waals surface area contributed by atoms with Gasteiger partial charge in [0.15, 0.2) is 0 Å². The van der Waals surface area contributed by atoms with Crippen molar-refractivity contribution in [2.24, 2.45) is 5.92 Å². The van der Waals surface area contributed by atoms with Gasteiger partial charge in [0, 0.05) is 30.4 Å². The maximum atomic E-state index is 12.7. The fraction of sp³-hybridized carbons (Fsp3) is 0.455. The van der Waals surface area contributed by atoms with E-state index in [0.29, 0.717) is 32.8 Å². The number of rotatable bonds is 4. The Morgan fingerprint density at radius 3 is 2.86 bits per heavy atom. The van der Waals surface area contributed by atoms with E-state index in [1.54, 1.807) is 11.3 Å². The zero-order valence-corrected chi connectivity index (χ0v) is 17.0. The maximum absolute atomic E-state index is 12.7. The van der Waals surface area contributed by atoms with Crippen LogP contribution in [0.15, 0.2) is 30.3 Å². The van der Waals surface area contributed by atoms with Crippen LogP contribution in [-0.4, -0.2) is 43.0 Å². The van der Waals surface area contributed by atoms with E-state index in [2.05, 4.69) is 24.4 Å². The van der Waals surface area contributed by atoms with Crippen LogP contribution in [0.1, 0.15) is 37.7 Å². The molecule has 2 heterocycles. The van der Waals surface area contributed by atoms with Crippen LogP contribution < -0.4 is 5.32 Å². The SMILES string of the molecule is Cc1cccc(CNC(=O)[C@H]2CCc3sc(C(=O)N4CCOCC4)cc3C2)c1. The second kappa shape index (κ2) is 8.45. The minimum absolute atomic E-state index is 0.0155. The Kier molecular flexibility index (Phi) is 5.78. The summed E-state index contributed by atoms with van der Waals surface area (Å²) in [6.45, 7) is 5.16. The molecule has 0 unspecified atom stereocenters. The number of nitrogens with zero attached hydrogens (tertiary/aromatic N) is 1. The van der Waals surface area contributed by atoms with Crippen LogP contribution in [0.2, 0.25) is 0 Å². The number of nitrogens with one attached hydrogen (secondary N) is 1. The topological polar surface area (TPSA) is 58.6 Å². The van der Waals surface area contributed by atoms with Crippen LogP contribution in [0.3, 0.4) is 0 Å². The number of carbonyl (C=O) groups excluding carboxylic acids is 2. The summed E-state index contributed by atoms with van der Waals surface area (Å²) in [4.78, 5) is 29.3. The van der Waals surface area contributed by atoms with Crippen LogP contribution in [0.25, 0.3) is 0 Å². The quantitative estimate of drug-likeness (QED) is 0.862. The monoisotopic (exact) mass is 398 g/mol. The number of hydrogen-bond acceptors (Lipinski definition) is 4. The molecule has 1 saturated heterocycles. The summed E-state index contributed by atoms with van der Waals surface area (Å²) >= 11 is 1.60. The molecule has 6 heteroatoms. The number of ether oxygens (including phenoxy) is 1. The molecule has 4 rings (SSSR count). The molecule has 0 spiro atoms. The summed E-state index contributed by atoms with van der Waals surface area (Å²) < 4.78 is 5.33. The van der Waals surface area contributed by atoms with Crippen LogP contribution in [0.4, 0.5) is 0 Å².